The van der Waals surface area contributed by atoms with Crippen molar-refractivity contribution in [1.29, 1.82) is 0 Å². The van der Waals surface area contributed by atoms with Crippen LogP contribution in [0.15, 0.2) is 53.4 Å². The van der Waals surface area contributed by atoms with E-state index in [1.54, 1.807) is 0 Å². The maximum atomic E-state index is 13.1. The Kier molecular flexibility index (Phi) is 5.64. The number of carbonyl (C=O) groups excluding carboxylic acids is 3. The van der Waals surface area contributed by atoms with E-state index in [2.05, 4.69) is 5.32 Å². The molecule has 29 heavy (non-hydrogen) atoms. The second-order valence-electron chi connectivity index (χ2n) is 6.56. The Morgan fingerprint density at radius 1 is 1.07 bits per heavy atom. The molecule has 1 atom stereocenters. The van der Waals surface area contributed by atoms with Gasteiger partial charge in [0, 0.05) is 31.3 Å². The van der Waals surface area contributed by atoms with E-state index in [9.17, 15) is 27.2 Å². The topological polar surface area (TPSA) is 113 Å². The molecule has 1 heterocycles. The first-order valence-electron chi connectivity index (χ1n) is 8.66. The quantitative estimate of drug-likeness (QED) is 0.765. The molecule has 0 aromatic heterocycles. The number of amides is 3. The zero-order valence-electron chi connectivity index (χ0n) is 15.4. The van der Waals surface area contributed by atoms with Crippen molar-refractivity contribution in [1.82, 2.24) is 4.72 Å². The number of rotatable bonds is 5. The smallest absolute Gasteiger partial charge is 0.264 e. The lowest BCUT2D eigenvalue weighted by molar-refractivity contribution is -0.122. The van der Waals surface area contributed by atoms with E-state index in [0.29, 0.717) is 11.4 Å². The molecule has 1 aliphatic rings. The van der Waals surface area contributed by atoms with Crippen molar-refractivity contribution in [3.8, 4) is 0 Å². The summed E-state index contributed by atoms with van der Waals surface area (Å²) < 4.78 is 38.8. The number of sulfonamides is 1. The summed E-state index contributed by atoms with van der Waals surface area (Å²) in [4.78, 5) is 37.0. The van der Waals surface area contributed by atoms with Crippen molar-refractivity contribution in [2.75, 3.05) is 16.8 Å². The molecule has 0 saturated carbocycles. The molecular formula is C19H18FN3O5S. The highest BCUT2D eigenvalue weighted by Gasteiger charge is 2.35. The molecule has 1 aliphatic heterocycles. The van der Waals surface area contributed by atoms with E-state index in [4.69, 9.17) is 0 Å². The van der Waals surface area contributed by atoms with Gasteiger partial charge in [0.1, 0.15) is 5.82 Å². The first-order chi connectivity index (χ1) is 13.7. The van der Waals surface area contributed by atoms with E-state index in [1.807, 2.05) is 4.72 Å². The van der Waals surface area contributed by atoms with E-state index >= 15 is 0 Å². The predicted octanol–water partition coefficient (Wildman–Crippen LogP) is 1.64. The van der Waals surface area contributed by atoms with E-state index in [0.717, 1.165) is 6.92 Å². The summed E-state index contributed by atoms with van der Waals surface area (Å²) in [6, 6.07) is 10.7. The molecule has 0 unspecified atom stereocenters. The lowest BCUT2D eigenvalue weighted by Crippen LogP contribution is -2.28. The highest BCUT2D eigenvalue weighted by molar-refractivity contribution is 7.90. The second-order valence-corrected chi connectivity index (χ2v) is 8.24. The molecule has 1 saturated heterocycles. The van der Waals surface area contributed by atoms with Crippen LogP contribution in [0, 0.1) is 11.7 Å². The molecule has 8 nitrogen and oxygen atoms in total. The average molecular weight is 419 g/mol. The number of nitrogens with one attached hydrogen (secondary N) is 2. The van der Waals surface area contributed by atoms with Gasteiger partial charge in [0.2, 0.25) is 17.7 Å². The van der Waals surface area contributed by atoms with Crippen molar-refractivity contribution >= 4 is 39.1 Å². The monoisotopic (exact) mass is 419 g/mol. The SMILES string of the molecule is CC(=O)NS(=O)(=O)c1ccc(NC(=O)[C@@H]2CC(=O)N(c3ccc(F)cc3)C2)cc1. The number of halogens is 1. The Hall–Kier alpha value is -3.27. The molecule has 2 aromatic rings. The van der Waals surface area contributed by atoms with Crippen molar-refractivity contribution in [3.05, 3.63) is 54.3 Å². The number of hydrogen-bond acceptors (Lipinski definition) is 5. The Bertz CT molecular complexity index is 1050. The maximum Gasteiger partial charge on any atom is 0.264 e. The Morgan fingerprint density at radius 3 is 2.28 bits per heavy atom. The second kappa shape index (κ2) is 8.00. The van der Waals surface area contributed by atoms with Crippen LogP contribution in [0.5, 0.6) is 0 Å². The first kappa shape index (κ1) is 20.5. The minimum absolute atomic E-state index is 0.0121. The minimum Gasteiger partial charge on any atom is -0.326 e. The zero-order chi connectivity index (χ0) is 21.2. The molecule has 3 amide bonds. The van der Waals surface area contributed by atoms with Crippen LogP contribution in [0.4, 0.5) is 15.8 Å². The number of nitrogens with zero attached hydrogens (tertiary/aromatic N) is 1. The fourth-order valence-corrected chi connectivity index (χ4v) is 3.95. The summed E-state index contributed by atoms with van der Waals surface area (Å²) in [5.74, 6) is -2.36. The van der Waals surface area contributed by atoms with E-state index < -0.39 is 27.7 Å². The van der Waals surface area contributed by atoms with Crippen molar-refractivity contribution in [3.63, 3.8) is 0 Å². The third-order valence-corrected chi connectivity index (χ3v) is 5.79. The zero-order valence-corrected chi connectivity index (χ0v) is 16.2. The largest absolute Gasteiger partial charge is 0.326 e. The number of benzene rings is 2. The van der Waals surface area contributed by atoms with Gasteiger partial charge in [-0.1, -0.05) is 0 Å². The summed E-state index contributed by atoms with van der Waals surface area (Å²) in [5.41, 5.74) is 0.865. The normalized spacial score (nSPS) is 16.6. The molecule has 0 spiro atoms. The van der Waals surface area contributed by atoms with Gasteiger partial charge in [0.05, 0.1) is 10.8 Å². The molecule has 10 heteroatoms. The molecule has 152 valence electrons. The van der Waals surface area contributed by atoms with Crippen LogP contribution >= 0.6 is 0 Å². The van der Waals surface area contributed by atoms with E-state index in [-0.39, 0.29) is 29.7 Å². The van der Waals surface area contributed by atoms with Crippen LogP contribution in [0.2, 0.25) is 0 Å². The fourth-order valence-electron chi connectivity index (χ4n) is 2.96. The Labute approximate surface area is 166 Å². The minimum atomic E-state index is -3.96. The van der Waals surface area contributed by atoms with E-state index in [1.165, 1.54) is 53.4 Å². The molecule has 0 aliphatic carbocycles. The predicted molar refractivity (Wildman–Crippen MR) is 103 cm³/mol. The van der Waals surface area contributed by atoms with Gasteiger partial charge in [-0.3, -0.25) is 14.4 Å². The summed E-state index contributed by atoms with van der Waals surface area (Å²) >= 11 is 0. The lowest BCUT2D eigenvalue weighted by atomic mass is 10.1. The van der Waals surface area contributed by atoms with Crippen molar-refractivity contribution in [2.45, 2.75) is 18.2 Å². The molecule has 0 bridgehead atoms. The van der Waals surface area contributed by atoms with Crippen molar-refractivity contribution < 1.29 is 27.2 Å². The van der Waals surface area contributed by atoms with Crippen molar-refractivity contribution in [2.24, 2.45) is 5.92 Å². The Balaban J connectivity index is 1.65. The third kappa shape index (κ3) is 4.77. The first-order valence-corrected chi connectivity index (χ1v) is 10.1. The molecule has 1 fully saturated rings. The van der Waals surface area contributed by atoms with Crippen LogP contribution in [0.3, 0.4) is 0 Å². The Morgan fingerprint density at radius 2 is 1.69 bits per heavy atom. The maximum absolute atomic E-state index is 13.1. The highest BCUT2D eigenvalue weighted by atomic mass is 32.2. The number of carbonyl (C=O) groups is 3. The van der Waals surface area contributed by atoms with Crippen LogP contribution in [0.1, 0.15) is 13.3 Å². The van der Waals surface area contributed by atoms with Gasteiger partial charge in [-0.15, -0.1) is 0 Å². The van der Waals surface area contributed by atoms with Gasteiger partial charge in [-0.2, -0.15) is 0 Å². The summed E-state index contributed by atoms with van der Waals surface area (Å²) in [6.07, 6.45) is 0.0121. The van der Waals surface area contributed by atoms with Gasteiger partial charge in [-0.05, 0) is 48.5 Å². The number of hydrogen-bond donors (Lipinski definition) is 2. The van der Waals surface area contributed by atoms with Crippen LogP contribution in [-0.4, -0.2) is 32.7 Å². The van der Waals surface area contributed by atoms with Crippen LogP contribution in [-0.2, 0) is 24.4 Å². The fraction of sp³-hybridized carbons (Fsp3) is 0.211. The third-order valence-electron chi connectivity index (χ3n) is 4.34. The molecule has 2 aromatic carbocycles. The molecular weight excluding hydrogens is 401 g/mol. The molecule has 2 N–H and O–H groups in total. The standard InChI is InChI=1S/C19H18FN3O5S/c1-12(24)22-29(27,28)17-8-4-15(5-9-17)21-19(26)13-10-18(25)23(11-13)16-6-2-14(20)3-7-16/h2-9,13H,10-11H2,1H3,(H,21,26)(H,22,24)/t13-/m1/s1. The summed E-state index contributed by atoms with van der Waals surface area (Å²) in [7, 11) is -3.96. The molecule has 3 rings (SSSR count). The summed E-state index contributed by atoms with van der Waals surface area (Å²) in [6.45, 7) is 1.25. The van der Waals surface area contributed by atoms with Crippen LogP contribution < -0.4 is 14.9 Å². The lowest BCUT2D eigenvalue weighted by Gasteiger charge is -2.16. The summed E-state index contributed by atoms with van der Waals surface area (Å²) in [5, 5.41) is 2.64. The molecule has 0 radical (unpaired) electrons. The van der Waals surface area contributed by atoms with Gasteiger partial charge >= 0.3 is 0 Å². The van der Waals surface area contributed by atoms with Gasteiger partial charge in [0.15, 0.2) is 0 Å². The van der Waals surface area contributed by atoms with Gasteiger partial charge < -0.3 is 10.2 Å². The van der Waals surface area contributed by atoms with Gasteiger partial charge in [0.25, 0.3) is 10.0 Å². The highest BCUT2D eigenvalue weighted by Crippen LogP contribution is 2.26. The van der Waals surface area contributed by atoms with Crippen LogP contribution in [0.25, 0.3) is 0 Å². The average Bonchev–Trinajstić information content (AvgIpc) is 3.04. The number of anilines is 2. The van der Waals surface area contributed by atoms with Gasteiger partial charge in [-0.25, -0.2) is 17.5 Å².